The normalized spacial score (nSPS) is 11.0. The summed E-state index contributed by atoms with van der Waals surface area (Å²) in [4.78, 5) is 15.6. The van der Waals surface area contributed by atoms with E-state index >= 15 is 0 Å². The number of fused-ring (bicyclic) bond motifs is 1. The Labute approximate surface area is 158 Å². The van der Waals surface area contributed by atoms with E-state index in [1.54, 1.807) is 0 Å². The third-order valence-electron chi connectivity index (χ3n) is 4.53. The summed E-state index contributed by atoms with van der Waals surface area (Å²) in [5, 5.41) is 11.8. The van der Waals surface area contributed by atoms with Gasteiger partial charge < -0.3 is 14.8 Å². The monoisotopic (exact) mass is 367 g/mol. The molecule has 3 rings (SSSR count). The first-order chi connectivity index (χ1) is 13.0. The number of amides is 1. The zero-order chi connectivity index (χ0) is 19.4. The van der Waals surface area contributed by atoms with E-state index in [-0.39, 0.29) is 12.5 Å². The SMILES string of the molecule is Cc1cc(C)c(OCC(=O)N(CO)NCc2cccc3[nH]ccc23)c(C)c1. The maximum absolute atomic E-state index is 12.4. The summed E-state index contributed by atoms with van der Waals surface area (Å²) in [7, 11) is 0. The number of aryl methyl sites for hydroxylation is 3. The Hall–Kier alpha value is -2.83. The van der Waals surface area contributed by atoms with Crippen LogP contribution in [0.5, 0.6) is 5.75 Å². The van der Waals surface area contributed by atoms with Crippen LogP contribution in [0.15, 0.2) is 42.6 Å². The number of aliphatic hydroxyl groups is 1. The van der Waals surface area contributed by atoms with Crippen molar-refractivity contribution in [2.75, 3.05) is 13.3 Å². The molecule has 6 nitrogen and oxygen atoms in total. The highest BCUT2D eigenvalue weighted by Crippen LogP contribution is 2.24. The molecule has 0 unspecified atom stereocenters. The molecular formula is C21H25N3O3. The van der Waals surface area contributed by atoms with Gasteiger partial charge in [-0.2, -0.15) is 0 Å². The van der Waals surface area contributed by atoms with Gasteiger partial charge in [0.15, 0.2) is 6.61 Å². The summed E-state index contributed by atoms with van der Waals surface area (Å²) in [6.45, 7) is 5.78. The van der Waals surface area contributed by atoms with Gasteiger partial charge in [0.1, 0.15) is 12.5 Å². The average molecular weight is 367 g/mol. The maximum Gasteiger partial charge on any atom is 0.276 e. The molecule has 0 fully saturated rings. The lowest BCUT2D eigenvalue weighted by Gasteiger charge is -2.22. The summed E-state index contributed by atoms with van der Waals surface area (Å²) in [5.41, 5.74) is 8.18. The fourth-order valence-corrected chi connectivity index (χ4v) is 3.31. The number of ether oxygens (including phenoxy) is 1. The van der Waals surface area contributed by atoms with Crippen LogP contribution in [0.1, 0.15) is 22.3 Å². The smallest absolute Gasteiger partial charge is 0.276 e. The fraction of sp³-hybridized carbons (Fsp3) is 0.286. The second kappa shape index (κ2) is 8.24. The lowest BCUT2D eigenvalue weighted by atomic mass is 10.1. The third-order valence-corrected chi connectivity index (χ3v) is 4.53. The van der Waals surface area contributed by atoms with E-state index in [4.69, 9.17) is 4.74 Å². The van der Waals surface area contributed by atoms with Gasteiger partial charge in [0.05, 0.1) is 0 Å². The van der Waals surface area contributed by atoms with E-state index in [1.807, 2.05) is 63.4 Å². The van der Waals surface area contributed by atoms with Crippen LogP contribution >= 0.6 is 0 Å². The van der Waals surface area contributed by atoms with Gasteiger partial charge in [-0.3, -0.25) is 4.79 Å². The quantitative estimate of drug-likeness (QED) is 0.443. The number of hydrogen-bond donors (Lipinski definition) is 3. The zero-order valence-electron chi connectivity index (χ0n) is 15.9. The second-order valence-corrected chi connectivity index (χ2v) is 6.67. The van der Waals surface area contributed by atoms with E-state index in [2.05, 4.69) is 10.4 Å². The average Bonchev–Trinajstić information content (AvgIpc) is 3.10. The Kier molecular flexibility index (Phi) is 5.78. The van der Waals surface area contributed by atoms with Crippen molar-refractivity contribution >= 4 is 16.8 Å². The van der Waals surface area contributed by atoms with E-state index in [0.717, 1.165) is 33.2 Å². The Morgan fingerprint density at radius 1 is 1.19 bits per heavy atom. The van der Waals surface area contributed by atoms with Crippen LogP contribution in [0.4, 0.5) is 0 Å². The molecule has 0 spiro atoms. The zero-order valence-corrected chi connectivity index (χ0v) is 15.9. The molecule has 0 aliphatic rings. The van der Waals surface area contributed by atoms with Crippen LogP contribution in [-0.4, -0.2) is 34.3 Å². The van der Waals surface area contributed by atoms with Crippen molar-refractivity contribution in [1.29, 1.82) is 0 Å². The summed E-state index contributed by atoms with van der Waals surface area (Å²) >= 11 is 0. The Balaban J connectivity index is 1.62. The molecule has 1 aromatic heterocycles. The van der Waals surface area contributed by atoms with Gasteiger partial charge in [-0.25, -0.2) is 10.4 Å². The summed E-state index contributed by atoms with van der Waals surface area (Å²) in [6.07, 6.45) is 1.88. The maximum atomic E-state index is 12.4. The molecule has 0 atom stereocenters. The van der Waals surface area contributed by atoms with Crippen molar-refractivity contribution in [2.45, 2.75) is 27.3 Å². The Morgan fingerprint density at radius 2 is 1.93 bits per heavy atom. The molecule has 2 aromatic carbocycles. The van der Waals surface area contributed by atoms with Crippen molar-refractivity contribution < 1.29 is 14.6 Å². The number of carbonyl (C=O) groups excluding carboxylic acids is 1. The van der Waals surface area contributed by atoms with Crippen molar-refractivity contribution in [3.05, 3.63) is 64.8 Å². The first-order valence-corrected chi connectivity index (χ1v) is 8.90. The number of aromatic nitrogens is 1. The topological polar surface area (TPSA) is 77.6 Å². The van der Waals surface area contributed by atoms with E-state index in [9.17, 15) is 9.90 Å². The first kappa shape index (κ1) is 18.9. The number of rotatable bonds is 7. The minimum absolute atomic E-state index is 0.146. The molecule has 1 heterocycles. The van der Waals surface area contributed by atoms with Crippen molar-refractivity contribution in [2.24, 2.45) is 0 Å². The molecule has 3 N–H and O–H groups in total. The standard InChI is InChI=1S/C21H25N3O3/c1-14-9-15(2)21(16(3)10-14)27-12-20(26)24(13-25)23-11-17-5-4-6-19-18(17)7-8-22-19/h4-10,22-23,25H,11-13H2,1-3H3. The van der Waals surface area contributed by atoms with Crippen LogP contribution in [0.2, 0.25) is 0 Å². The number of H-pyrrole nitrogens is 1. The minimum atomic E-state index is -0.433. The van der Waals surface area contributed by atoms with E-state index < -0.39 is 6.73 Å². The highest BCUT2D eigenvalue weighted by Gasteiger charge is 2.15. The van der Waals surface area contributed by atoms with Gasteiger partial charge in [-0.15, -0.1) is 0 Å². The number of benzene rings is 2. The minimum Gasteiger partial charge on any atom is -0.483 e. The number of hydrazine groups is 1. The van der Waals surface area contributed by atoms with Crippen LogP contribution in [0, 0.1) is 20.8 Å². The lowest BCUT2D eigenvalue weighted by Crippen LogP contribution is -2.45. The molecule has 0 saturated carbocycles. The fourth-order valence-electron chi connectivity index (χ4n) is 3.31. The van der Waals surface area contributed by atoms with Crippen LogP contribution in [0.25, 0.3) is 10.9 Å². The Bertz CT molecular complexity index is 926. The van der Waals surface area contributed by atoms with Crippen LogP contribution < -0.4 is 10.2 Å². The summed E-state index contributed by atoms with van der Waals surface area (Å²) in [6, 6.07) is 12.0. The third kappa shape index (κ3) is 4.30. The van der Waals surface area contributed by atoms with E-state index in [0.29, 0.717) is 12.3 Å². The number of nitrogens with zero attached hydrogens (tertiary/aromatic N) is 1. The summed E-state index contributed by atoms with van der Waals surface area (Å²) < 4.78 is 5.73. The molecule has 6 heteroatoms. The molecule has 3 aromatic rings. The highest BCUT2D eigenvalue weighted by atomic mass is 16.5. The largest absolute Gasteiger partial charge is 0.483 e. The van der Waals surface area contributed by atoms with Crippen molar-refractivity contribution in [3.63, 3.8) is 0 Å². The molecule has 0 aliphatic carbocycles. The van der Waals surface area contributed by atoms with Gasteiger partial charge in [-0.05, 0) is 49.6 Å². The predicted molar refractivity (Wildman–Crippen MR) is 105 cm³/mol. The molecule has 0 bridgehead atoms. The molecule has 27 heavy (non-hydrogen) atoms. The highest BCUT2D eigenvalue weighted by molar-refractivity contribution is 5.83. The number of aromatic amines is 1. The predicted octanol–water partition coefficient (Wildman–Crippen LogP) is 2.96. The van der Waals surface area contributed by atoms with Gasteiger partial charge >= 0.3 is 0 Å². The molecule has 1 amide bonds. The van der Waals surface area contributed by atoms with Crippen molar-refractivity contribution in [1.82, 2.24) is 15.4 Å². The number of hydrogen-bond acceptors (Lipinski definition) is 4. The lowest BCUT2D eigenvalue weighted by molar-refractivity contribution is -0.141. The number of aliphatic hydroxyl groups excluding tert-OH is 1. The van der Waals surface area contributed by atoms with Crippen molar-refractivity contribution in [3.8, 4) is 5.75 Å². The number of nitrogens with one attached hydrogen (secondary N) is 2. The Morgan fingerprint density at radius 3 is 2.63 bits per heavy atom. The molecule has 0 aliphatic heterocycles. The van der Waals surface area contributed by atoms with Crippen LogP contribution in [0.3, 0.4) is 0 Å². The van der Waals surface area contributed by atoms with Gasteiger partial charge in [0.25, 0.3) is 5.91 Å². The van der Waals surface area contributed by atoms with Gasteiger partial charge in [-0.1, -0.05) is 29.8 Å². The molecule has 0 radical (unpaired) electrons. The number of carbonyl (C=O) groups is 1. The van der Waals surface area contributed by atoms with Gasteiger partial charge in [0.2, 0.25) is 0 Å². The van der Waals surface area contributed by atoms with Crippen LogP contribution in [-0.2, 0) is 11.3 Å². The first-order valence-electron chi connectivity index (χ1n) is 8.90. The van der Waals surface area contributed by atoms with E-state index in [1.165, 1.54) is 5.01 Å². The van der Waals surface area contributed by atoms with Gasteiger partial charge in [0, 0.05) is 23.6 Å². The summed E-state index contributed by atoms with van der Waals surface area (Å²) in [5.74, 6) is 0.377. The molecular weight excluding hydrogens is 342 g/mol. The molecule has 142 valence electrons. The molecule has 0 saturated heterocycles. The second-order valence-electron chi connectivity index (χ2n) is 6.67.